The lowest BCUT2D eigenvalue weighted by Gasteiger charge is -2.36. The predicted octanol–water partition coefficient (Wildman–Crippen LogP) is 3.22. The topological polar surface area (TPSA) is 49.3 Å². The number of aromatic nitrogens is 2. The number of carbonyl (C=O) groups excluding carboxylic acids is 1. The molecule has 1 aromatic heterocycles. The Labute approximate surface area is 146 Å². The minimum atomic E-state index is -4.47. The van der Waals surface area contributed by atoms with Gasteiger partial charge in [-0.1, -0.05) is 20.8 Å². The van der Waals surface area contributed by atoms with Crippen molar-refractivity contribution in [2.24, 2.45) is 11.3 Å². The zero-order chi connectivity index (χ0) is 18.8. The number of alkyl halides is 3. The van der Waals surface area contributed by atoms with E-state index in [4.69, 9.17) is 0 Å². The van der Waals surface area contributed by atoms with E-state index in [0.29, 0.717) is 31.4 Å². The normalized spacial score (nSPS) is 16.8. The van der Waals surface area contributed by atoms with E-state index in [9.17, 15) is 18.0 Å². The Morgan fingerprint density at radius 3 is 2.36 bits per heavy atom. The van der Waals surface area contributed by atoms with Crippen molar-refractivity contribution >= 4 is 11.7 Å². The number of amides is 1. The van der Waals surface area contributed by atoms with Crippen LogP contribution in [0.1, 0.15) is 39.3 Å². The molecule has 1 aliphatic heterocycles. The van der Waals surface area contributed by atoms with E-state index in [1.807, 2.05) is 25.7 Å². The second-order valence-corrected chi connectivity index (χ2v) is 7.63. The van der Waals surface area contributed by atoms with Crippen LogP contribution in [0, 0.1) is 11.3 Å². The average Bonchev–Trinajstić information content (AvgIpc) is 2.53. The predicted molar refractivity (Wildman–Crippen MR) is 89.1 cm³/mol. The van der Waals surface area contributed by atoms with Crippen molar-refractivity contribution in [2.45, 2.75) is 39.8 Å². The van der Waals surface area contributed by atoms with E-state index in [2.05, 4.69) is 9.97 Å². The van der Waals surface area contributed by atoms with Crippen LogP contribution in [0.5, 0.6) is 0 Å². The lowest BCUT2D eigenvalue weighted by atomic mass is 9.92. The van der Waals surface area contributed by atoms with Crippen molar-refractivity contribution in [2.75, 3.05) is 31.6 Å². The Kier molecular flexibility index (Phi) is 5.58. The van der Waals surface area contributed by atoms with Crippen molar-refractivity contribution in [3.05, 3.63) is 18.1 Å². The minimum Gasteiger partial charge on any atom is -0.356 e. The molecule has 0 unspecified atom stereocenters. The highest BCUT2D eigenvalue weighted by Crippen LogP contribution is 2.30. The molecule has 0 atom stereocenters. The number of piperidine rings is 1. The van der Waals surface area contributed by atoms with Crippen LogP contribution in [0.15, 0.2) is 12.4 Å². The van der Waals surface area contributed by atoms with Gasteiger partial charge in [0.15, 0.2) is 0 Å². The van der Waals surface area contributed by atoms with Gasteiger partial charge in [-0.15, -0.1) is 0 Å². The molecule has 0 radical (unpaired) electrons. The summed E-state index contributed by atoms with van der Waals surface area (Å²) in [4.78, 5) is 23.1. The van der Waals surface area contributed by atoms with E-state index in [-0.39, 0.29) is 5.91 Å². The van der Waals surface area contributed by atoms with Crippen molar-refractivity contribution < 1.29 is 18.0 Å². The first-order valence-electron chi connectivity index (χ1n) is 8.38. The second-order valence-electron chi connectivity index (χ2n) is 7.63. The summed E-state index contributed by atoms with van der Waals surface area (Å²) in [5, 5.41) is 0. The molecule has 1 aliphatic rings. The maximum atomic E-state index is 12.8. The largest absolute Gasteiger partial charge is 0.433 e. The minimum absolute atomic E-state index is 0.0977. The monoisotopic (exact) mass is 358 g/mol. The van der Waals surface area contributed by atoms with E-state index in [0.717, 1.165) is 25.2 Å². The molecule has 2 heterocycles. The summed E-state index contributed by atoms with van der Waals surface area (Å²) in [5.74, 6) is 0.747. The van der Waals surface area contributed by atoms with Gasteiger partial charge < -0.3 is 9.80 Å². The summed E-state index contributed by atoms with van der Waals surface area (Å²) in [5.41, 5.74) is -1.33. The van der Waals surface area contributed by atoms with Gasteiger partial charge in [-0.25, -0.2) is 9.97 Å². The van der Waals surface area contributed by atoms with Gasteiger partial charge in [0.1, 0.15) is 17.8 Å². The number of nitrogens with zero attached hydrogens (tertiary/aromatic N) is 4. The molecule has 140 valence electrons. The van der Waals surface area contributed by atoms with Gasteiger partial charge in [-0.2, -0.15) is 13.2 Å². The van der Waals surface area contributed by atoms with Crippen molar-refractivity contribution in [1.82, 2.24) is 14.9 Å². The Balaban J connectivity index is 1.93. The molecular weight excluding hydrogens is 333 g/mol. The molecule has 0 spiro atoms. The molecule has 0 aromatic carbocycles. The fourth-order valence-electron chi connectivity index (χ4n) is 3.06. The highest BCUT2D eigenvalue weighted by molar-refractivity contribution is 5.81. The van der Waals surface area contributed by atoms with Gasteiger partial charge in [-0.05, 0) is 18.8 Å². The first-order chi connectivity index (χ1) is 11.5. The van der Waals surface area contributed by atoms with E-state index >= 15 is 0 Å². The van der Waals surface area contributed by atoms with Crippen LogP contribution in [0.4, 0.5) is 19.0 Å². The molecule has 1 saturated heterocycles. The van der Waals surface area contributed by atoms with Crippen LogP contribution in [-0.4, -0.2) is 47.5 Å². The van der Waals surface area contributed by atoms with E-state index in [1.165, 1.54) is 0 Å². The Morgan fingerprint density at radius 2 is 1.84 bits per heavy atom. The average molecular weight is 358 g/mol. The summed E-state index contributed by atoms with van der Waals surface area (Å²) in [6.07, 6.45) is -1.88. The lowest BCUT2D eigenvalue weighted by molar-refractivity contribution is -0.141. The van der Waals surface area contributed by atoms with Crippen molar-refractivity contribution in [1.29, 1.82) is 0 Å². The molecule has 8 heteroatoms. The summed E-state index contributed by atoms with van der Waals surface area (Å²) in [6, 6.07) is 0.996. The number of rotatable bonds is 3. The molecule has 1 amide bonds. The molecule has 1 aromatic rings. The molecule has 0 bridgehead atoms. The fraction of sp³-hybridized carbons (Fsp3) is 0.706. The molecule has 0 N–H and O–H groups in total. The van der Waals surface area contributed by atoms with Crippen LogP contribution >= 0.6 is 0 Å². The number of hydrogen-bond acceptors (Lipinski definition) is 4. The number of carbonyl (C=O) groups is 1. The van der Waals surface area contributed by atoms with E-state index in [1.54, 1.807) is 11.9 Å². The highest BCUT2D eigenvalue weighted by Gasteiger charge is 2.34. The standard InChI is InChI=1S/C17H25F3N4O/c1-16(2,3)15(25)23(4)10-12-5-7-24(8-6-12)14-9-13(17(18,19)20)21-11-22-14/h9,11-12H,5-8,10H2,1-4H3. The zero-order valence-corrected chi connectivity index (χ0v) is 15.1. The Morgan fingerprint density at radius 1 is 1.24 bits per heavy atom. The quantitative estimate of drug-likeness (QED) is 0.832. The maximum absolute atomic E-state index is 12.8. The third-order valence-corrected chi connectivity index (χ3v) is 4.40. The van der Waals surface area contributed by atoms with Crippen LogP contribution in [-0.2, 0) is 11.0 Å². The molecular formula is C17H25F3N4O. The first-order valence-corrected chi connectivity index (χ1v) is 8.38. The highest BCUT2D eigenvalue weighted by atomic mass is 19.4. The lowest BCUT2D eigenvalue weighted by Crippen LogP contribution is -2.43. The van der Waals surface area contributed by atoms with Crippen molar-refractivity contribution in [3.63, 3.8) is 0 Å². The van der Waals surface area contributed by atoms with Gasteiger partial charge in [0.05, 0.1) is 0 Å². The number of anilines is 1. The SMILES string of the molecule is CN(CC1CCN(c2cc(C(F)(F)F)ncn2)CC1)C(=O)C(C)(C)C. The number of halogens is 3. The third-order valence-electron chi connectivity index (χ3n) is 4.40. The second kappa shape index (κ2) is 7.17. The van der Waals surface area contributed by atoms with Gasteiger partial charge in [0.25, 0.3) is 0 Å². The summed E-state index contributed by atoms with van der Waals surface area (Å²) >= 11 is 0. The van der Waals surface area contributed by atoms with Crippen LogP contribution in [0.3, 0.4) is 0 Å². The molecule has 1 fully saturated rings. The first kappa shape index (κ1) is 19.5. The Hall–Kier alpha value is -1.86. The molecule has 0 saturated carbocycles. The van der Waals surface area contributed by atoms with Crippen LogP contribution in [0.2, 0.25) is 0 Å². The smallest absolute Gasteiger partial charge is 0.356 e. The molecule has 25 heavy (non-hydrogen) atoms. The summed E-state index contributed by atoms with van der Waals surface area (Å²) in [7, 11) is 1.81. The fourth-order valence-corrected chi connectivity index (χ4v) is 3.06. The van der Waals surface area contributed by atoms with E-state index < -0.39 is 17.3 Å². The van der Waals surface area contributed by atoms with Gasteiger partial charge >= 0.3 is 6.18 Å². The van der Waals surface area contributed by atoms with Gasteiger partial charge in [-0.3, -0.25) is 4.79 Å². The molecule has 2 rings (SSSR count). The van der Waals surface area contributed by atoms with Gasteiger partial charge in [0, 0.05) is 38.2 Å². The third kappa shape index (κ3) is 5.06. The summed E-state index contributed by atoms with van der Waals surface area (Å²) in [6.45, 7) is 7.58. The van der Waals surface area contributed by atoms with Crippen molar-refractivity contribution in [3.8, 4) is 0 Å². The molecule has 5 nitrogen and oxygen atoms in total. The Bertz CT molecular complexity index is 605. The molecule has 0 aliphatic carbocycles. The zero-order valence-electron chi connectivity index (χ0n) is 15.1. The van der Waals surface area contributed by atoms with Crippen LogP contribution < -0.4 is 4.90 Å². The summed E-state index contributed by atoms with van der Waals surface area (Å²) < 4.78 is 38.3. The van der Waals surface area contributed by atoms with Gasteiger partial charge in [0.2, 0.25) is 5.91 Å². The maximum Gasteiger partial charge on any atom is 0.433 e. The van der Waals surface area contributed by atoms with Crippen LogP contribution in [0.25, 0.3) is 0 Å². The number of hydrogen-bond donors (Lipinski definition) is 0.